The van der Waals surface area contributed by atoms with Crippen molar-refractivity contribution in [1.82, 2.24) is 14.8 Å². The molecule has 1 aliphatic carbocycles. The van der Waals surface area contributed by atoms with Gasteiger partial charge in [0.25, 0.3) is 0 Å². The van der Waals surface area contributed by atoms with Gasteiger partial charge in [0.15, 0.2) is 16.7 Å². The second kappa shape index (κ2) is 7.25. The van der Waals surface area contributed by atoms with Gasteiger partial charge in [-0.1, -0.05) is 29.8 Å². The Bertz CT molecular complexity index is 977. The number of aryl methyl sites for hydroxylation is 2. The van der Waals surface area contributed by atoms with E-state index in [2.05, 4.69) is 22.3 Å². The Morgan fingerprint density at radius 1 is 1.19 bits per heavy atom. The van der Waals surface area contributed by atoms with Crippen LogP contribution in [-0.2, 0) is 19.4 Å². The number of aromatic nitrogens is 3. The molecule has 4 nitrogen and oxygen atoms in total. The third kappa shape index (κ3) is 3.55. The van der Waals surface area contributed by atoms with Crippen LogP contribution in [0.25, 0.3) is 0 Å². The molecule has 0 saturated heterocycles. The number of aromatic amines is 1. The summed E-state index contributed by atoms with van der Waals surface area (Å²) >= 11 is 11.4. The van der Waals surface area contributed by atoms with E-state index in [1.54, 1.807) is 0 Å². The maximum absolute atomic E-state index is 6.17. The summed E-state index contributed by atoms with van der Waals surface area (Å²) in [7, 11) is 0. The summed E-state index contributed by atoms with van der Waals surface area (Å²) in [5.74, 6) is 1.66. The van der Waals surface area contributed by atoms with E-state index in [1.807, 2.05) is 41.8 Å². The van der Waals surface area contributed by atoms with Crippen LogP contribution in [0.4, 0.5) is 0 Å². The van der Waals surface area contributed by atoms with Crippen molar-refractivity contribution in [2.75, 3.05) is 0 Å². The van der Waals surface area contributed by atoms with Crippen LogP contribution in [-0.4, -0.2) is 14.8 Å². The van der Waals surface area contributed by atoms with Gasteiger partial charge in [0.2, 0.25) is 0 Å². The quantitative estimate of drug-likeness (QED) is 0.608. The monoisotopic (exact) mass is 385 g/mol. The molecule has 4 rings (SSSR count). The molecule has 26 heavy (non-hydrogen) atoms. The van der Waals surface area contributed by atoms with Crippen molar-refractivity contribution in [3.05, 3.63) is 74.8 Å². The molecule has 0 fully saturated rings. The Morgan fingerprint density at radius 3 is 2.77 bits per heavy atom. The second-order valence-corrected chi connectivity index (χ2v) is 7.47. The van der Waals surface area contributed by atoms with Gasteiger partial charge in [-0.2, -0.15) is 5.10 Å². The van der Waals surface area contributed by atoms with Gasteiger partial charge in [-0.3, -0.25) is 9.67 Å². The number of H-pyrrole nitrogens is 1. The summed E-state index contributed by atoms with van der Waals surface area (Å²) in [4.78, 5) is 0. The molecular weight excluding hydrogens is 366 g/mol. The Hall–Kier alpha value is -2.11. The largest absolute Gasteiger partial charge is 0.483 e. The molecule has 1 N–H and O–H groups in total. The lowest BCUT2D eigenvalue weighted by atomic mass is 10.1. The van der Waals surface area contributed by atoms with Crippen LogP contribution in [0.5, 0.6) is 5.75 Å². The van der Waals surface area contributed by atoms with E-state index in [-0.39, 0.29) is 6.10 Å². The maximum atomic E-state index is 6.17. The van der Waals surface area contributed by atoms with Crippen LogP contribution in [0, 0.1) is 4.77 Å². The molecular formula is C20H20ClN3OS. The Balaban J connectivity index is 1.55. The van der Waals surface area contributed by atoms with Crippen LogP contribution in [0.15, 0.2) is 42.5 Å². The lowest BCUT2D eigenvalue weighted by molar-refractivity contribution is 0.211. The zero-order valence-electron chi connectivity index (χ0n) is 14.5. The first-order valence-electron chi connectivity index (χ1n) is 8.78. The molecule has 0 unspecified atom stereocenters. The predicted molar refractivity (Wildman–Crippen MR) is 105 cm³/mol. The second-order valence-electron chi connectivity index (χ2n) is 6.64. The van der Waals surface area contributed by atoms with Crippen LogP contribution in [0.2, 0.25) is 5.02 Å². The molecule has 1 atom stereocenters. The van der Waals surface area contributed by atoms with Crippen molar-refractivity contribution in [2.45, 2.75) is 38.8 Å². The molecule has 2 aromatic carbocycles. The molecule has 134 valence electrons. The highest BCUT2D eigenvalue weighted by Crippen LogP contribution is 2.28. The van der Waals surface area contributed by atoms with Crippen LogP contribution < -0.4 is 4.74 Å². The van der Waals surface area contributed by atoms with E-state index in [0.717, 1.165) is 28.6 Å². The van der Waals surface area contributed by atoms with Gasteiger partial charge < -0.3 is 4.74 Å². The highest BCUT2D eigenvalue weighted by Gasteiger charge is 2.18. The number of nitrogens with one attached hydrogen (secondary N) is 1. The summed E-state index contributed by atoms with van der Waals surface area (Å²) in [6.07, 6.45) is 3.32. The van der Waals surface area contributed by atoms with Crippen molar-refractivity contribution in [1.29, 1.82) is 0 Å². The number of benzene rings is 2. The SMILES string of the molecule is C[C@H](Oc1ccc2c(c1)CCC2)c1n[nH]c(=S)n1Cc1ccc(Cl)cc1. The number of ether oxygens (including phenoxy) is 1. The molecule has 6 heteroatoms. The molecule has 0 radical (unpaired) electrons. The van der Waals surface area contributed by atoms with E-state index in [4.69, 9.17) is 28.6 Å². The summed E-state index contributed by atoms with van der Waals surface area (Å²) in [5, 5.41) is 8.00. The van der Waals surface area contributed by atoms with E-state index < -0.39 is 0 Å². The molecule has 0 amide bonds. The van der Waals surface area contributed by atoms with Crippen molar-refractivity contribution in [2.24, 2.45) is 0 Å². The summed E-state index contributed by atoms with van der Waals surface area (Å²) in [6, 6.07) is 14.1. The van der Waals surface area contributed by atoms with Gasteiger partial charge in [0.05, 0.1) is 6.54 Å². The van der Waals surface area contributed by atoms with E-state index >= 15 is 0 Å². The number of hydrogen-bond donors (Lipinski definition) is 1. The Labute approximate surface area is 162 Å². The lowest BCUT2D eigenvalue weighted by Crippen LogP contribution is -2.13. The standard InChI is InChI=1S/C20H20ClN3OS/c1-13(25-18-10-7-15-3-2-4-16(15)11-18)19-22-23-20(26)24(19)12-14-5-8-17(21)9-6-14/h5-11,13H,2-4,12H2,1H3,(H,23,26)/t13-/m0/s1. The first-order valence-corrected chi connectivity index (χ1v) is 9.57. The minimum absolute atomic E-state index is 0.213. The average molecular weight is 386 g/mol. The third-order valence-electron chi connectivity index (χ3n) is 4.79. The van der Waals surface area contributed by atoms with E-state index in [1.165, 1.54) is 24.0 Å². The fourth-order valence-electron chi connectivity index (χ4n) is 3.44. The first-order chi connectivity index (χ1) is 12.6. The van der Waals surface area contributed by atoms with Crippen LogP contribution >= 0.6 is 23.8 Å². The summed E-state index contributed by atoms with van der Waals surface area (Å²) < 4.78 is 8.72. The van der Waals surface area contributed by atoms with Gasteiger partial charge in [-0.15, -0.1) is 0 Å². The molecule has 0 bridgehead atoms. The number of fused-ring (bicyclic) bond motifs is 1. The van der Waals surface area contributed by atoms with Gasteiger partial charge in [0.1, 0.15) is 5.75 Å². The summed E-state index contributed by atoms with van der Waals surface area (Å²) in [5.41, 5.74) is 3.95. The van der Waals surface area contributed by atoms with E-state index in [9.17, 15) is 0 Å². The minimum Gasteiger partial charge on any atom is -0.483 e. The molecule has 0 spiro atoms. The van der Waals surface area contributed by atoms with Crippen molar-refractivity contribution in [3.8, 4) is 5.75 Å². The first kappa shape index (κ1) is 17.3. The average Bonchev–Trinajstić information content (AvgIpc) is 3.23. The van der Waals surface area contributed by atoms with Crippen LogP contribution in [0.3, 0.4) is 0 Å². The number of hydrogen-bond acceptors (Lipinski definition) is 3. The number of rotatable bonds is 5. The smallest absolute Gasteiger partial charge is 0.195 e. The Morgan fingerprint density at radius 2 is 1.96 bits per heavy atom. The Kier molecular flexibility index (Phi) is 4.83. The predicted octanol–water partition coefficient (Wildman–Crippen LogP) is 5.27. The molecule has 1 aliphatic rings. The molecule has 3 aromatic rings. The minimum atomic E-state index is -0.213. The molecule has 1 heterocycles. The molecule has 0 saturated carbocycles. The highest BCUT2D eigenvalue weighted by atomic mass is 35.5. The van der Waals surface area contributed by atoms with Crippen LogP contribution in [0.1, 0.15) is 42.0 Å². The van der Waals surface area contributed by atoms with Gasteiger partial charge in [-0.05, 0) is 79.4 Å². The van der Waals surface area contributed by atoms with Gasteiger partial charge in [0, 0.05) is 5.02 Å². The molecule has 1 aromatic heterocycles. The maximum Gasteiger partial charge on any atom is 0.195 e. The topological polar surface area (TPSA) is 42.8 Å². The van der Waals surface area contributed by atoms with Crippen molar-refractivity contribution in [3.63, 3.8) is 0 Å². The number of halogens is 1. The zero-order chi connectivity index (χ0) is 18.1. The van der Waals surface area contributed by atoms with E-state index in [0.29, 0.717) is 11.3 Å². The fraction of sp³-hybridized carbons (Fsp3) is 0.300. The zero-order valence-corrected chi connectivity index (χ0v) is 16.1. The normalized spacial score (nSPS) is 14.2. The fourth-order valence-corrected chi connectivity index (χ4v) is 3.77. The third-order valence-corrected chi connectivity index (χ3v) is 5.35. The lowest BCUT2D eigenvalue weighted by Gasteiger charge is -2.16. The van der Waals surface area contributed by atoms with Crippen molar-refractivity contribution < 1.29 is 4.74 Å². The molecule has 0 aliphatic heterocycles. The van der Waals surface area contributed by atoms with Gasteiger partial charge in [-0.25, -0.2) is 0 Å². The van der Waals surface area contributed by atoms with Gasteiger partial charge >= 0.3 is 0 Å². The highest BCUT2D eigenvalue weighted by molar-refractivity contribution is 7.71. The number of nitrogens with zero attached hydrogens (tertiary/aromatic N) is 2. The van der Waals surface area contributed by atoms with Crippen molar-refractivity contribution >= 4 is 23.8 Å². The summed E-state index contributed by atoms with van der Waals surface area (Å²) in [6.45, 7) is 2.62.